The molecule has 0 radical (unpaired) electrons. The summed E-state index contributed by atoms with van der Waals surface area (Å²) in [5.74, 6) is -2.10. The Bertz CT molecular complexity index is 333. The zero-order chi connectivity index (χ0) is 16.4. The van der Waals surface area contributed by atoms with Crippen LogP contribution in [0.5, 0.6) is 0 Å². The molecule has 0 bridgehead atoms. The maximum atomic E-state index is 10.9. The molecule has 1 fully saturated rings. The molecule has 0 aromatic rings. The highest BCUT2D eigenvalue weighted by Gasteiger charge is 2.32. The smallest absolute Gasteiger partial charge is 0.464 e. The molecule has 0 aromatic heterocycles. The maximum Gasteiger partial charge on any atom is 0.508 e. The Morgan fingerprint density at radius 2 is 1.62 bits per heavy atom. The van der Waals surface area contributed by atoms with Crippen molar-refractivity contribution in [2.45, 2.75) is 39.1 Å². The van der Waals surface area contributed by atoms with Crippen LogP contribution < -0.4 is 0 Å². The van der Waals surface area contributed by atoms with Crippen molar-refractivity contribution in [1.82, 2.24) is 0 Å². The van der Waals surface area contributed by atoms with E-state index in [1.54, 1.807) is 20.8 Å². The Balaban J connectivity index is 0.000000471. The zero-order valence-electron chi connectivity index (χ0n) is 12.1. The molecule has 1 aliphatic heterocycles. The number of cyclic esters (lactones) is 2. The van der Waals surface area contributed by atoms with Gasteiger partial charge in [0.05, 0.1) is 13.2 Å². The van der Waals surface area contributed by atoms with Crippen molar-refractivity contribution < 1.29 is 43.5 Å². The molecular formula is C12H20O9. The van der Waals surface area contributed by atoms with Crippen LogP contribution in [-0.2, 0) is 28.5 Å². The minimum Gasteiger partial charge on any atom is -0.464 e. The molecule has 1 rings (SSSR count). The third kappa shape index (κ3) is 7.47. The first-order chi connectivity index (χ1) is 9.83. The van der Waals surface area contributed by atoms with E-state index < -0.39 is 30.3 Å². The third-order valence-corrected chi connectivity index (χ3v) is 2.09. The van der Waals surface area contributed by atoms with Gasteiger partial charge in [0.25, 0.3) is 0 Å². The molecule has 1 heterocycles. The van der Waals surface area contributed by atoms with Crippen LogP contribution in [0.25, 0.3) is 0 Å². The van der Waals surface area contributed by atoms with Crippen molar-refractivity contribution in [3.63, 3.8) is 0 Å². The first kappa shape index (κ1) is 19.1. The fourth-order valence-corrected chi connectivity index (χ4v) is 1.13. The van der Waals surface area contributed by atoms with Gasteiger partial charge in [0.15, 0.2) is 12.2 Å². The summed E-state index contributed by atoms with van der Waals surface area (Å²) in [4.78, 5) is 31.7. The van der Waals surface area contributed by atoms with Gasteiger partial charge in [-0.05, 0) is 20.8 Å². The van der Waals surface area contributed by atoms with Crippen LogP contribution in [0.2, 0.25) is 0 Å². The Hall–Kier alpha value is -1.87. The van der Waals surface area contributed by atoms with E-state index >= 15 is 0 Å². The molecule has 3 unspecified atom stereocenters. The van der Waals surface area contributed by atoms with Crippen LogP contribution in [0.4, 0.5) is 4.79 Å². The molecule has 0 aromatic carbocycles. The Morgan fingerprint density at radius 3 is 1.81 bits per heavy atom. The van der Waals surface area contributed by atoms with E-state index in [4.69, 9.17) is 10.2 Å². The van der Waals surface area contributed by atoms with Crippen molar-refractivity contribution in [3.8, 4) is 0 Å². The first-order valence-corrected chi connectivity index (χ1v) is 6.36. The minimum atomic E-state index is -1.89. The highest BCUT2D eigenvalue weighted by molar-refractivity contribution is 5.85. The minimum absolute atomic E-state index is 0.0486. The molecule has 0 amide bonds. The van der Waals surface area contributed by atoms with Crippen LogP contribution in [0.1, 0.15) is 20.8 Å². The number of ether oxygens (including phenoxy) is 4. The van der Waals surface area contributed by atoms with Crippen molar-refractivity contribution in [3.05, 3.63) is 0 Å². The van der Waals surface area contributed by atoms with E-state index in [1.165, 1.54) is 0 Å². The molecule has 0 spiro atoms. The number of rotatable bonds is 5. The summed E-state index contributed by atoms with van der Waals surface area (Å²) < 4.78 is 17.7. The van der Waals surface area contributed by atoms with Gasteiger partial charge in [0, 0.05) is 0 Å². The average molecular weight is 308 g/mol. The van der Waals surface area contributed by atoms with E-state index in [0.29, 0.717) is 6.61 Å². The molecule has 3 atom stereocenters. The van der Waals surface area contributed by atoms with E-state index in [2.05, 4.69) is 18.9 Å². The van der Waals surface area contributed by atoms with Crippen molar-refractivity contribution in [1.29, 1.82) is 0 Å². The van der Waals surface area contributed by atoms with Crippen LogP contribution >= 0.6 is 0 Å². The summed E-state index contributed by atoms with van der Waals surface area (Å²) in [5, 5.41) is 18.2. The topological polar surface area (TPSA) is 129 Å². The van der Waals surface area contributed by atoms with Crippen molar-refractivity contribution in [2.75, 3.05) is 19.8 Å². The predicted molar refractivity (Wildman–Crippen MR) is 67.2 cm³/mol. The highest BCUT2D eigenvalue weighted by atomic mass is 16.8. The molecule has 0 saturated carbocycles. The van der Waals surface area contributed by atoms with Gasteiger partial charge in [-0.25, -0.2) is 14.4 Å². The maximum absolute atomic E-state index is 10.9. The van der Waals surface area contributed by atoms with Crippen LogP contribution in [-0.4, -0.2) is 66.4 Å². The quantitative estimate of drug-likeness (QED) is 0.504. The van der Waals surface area contributed by atoms with Gasteiger partial charge in [-0.3, -0.25) is 0 Å². The predicted octanol–water partition coefficient (Wildman–Crippen LogP) is -0.624. The summed E-state index contributed by atoms with van der Waals surface area (Å²) >= 11 is 0. The van der Waals surface area contributed by atoms with E-state index in [-0.39, 0.29) is 19.3 Å². The van der Waals surface area contributed by atoms with Crippen molar-refractivity contribution >= 4 is 18.1 Å². The lowest BCUT2D eigenvalue weighted by molar-refractivity contribution is -0.172. The number of aliphatic hydroxyl groups excluding tert-OH is 2. The van der Waals surface area contributed by atoms with Crippen LogP contribution in [0, 0.1) is 0 Å². The molecular weight excluding hydrogens is 288 g/mol. The fraction of sp³-hybridized carbons (Fsp3) is 0.750. The van der Waals surface area contributed by atoms with E-state index in [0.717, 1.165) is 0 Å². The number of carbonyl (C=O) groups excluding carboxylic acids is 3. The summed E-state index contributed by atoms with van der Waals surface area (Å²) in [7, 11) is 0. The summed E-state index contributed by atoms with van der Waals surface area (Å²) in [6.07, 6.45) is -4.39. The third-order valence-electron chi connectivity index (χ3n) is 2.09. The number of esters is 2. The normalized spacial score (nSPS) is 19.3. The largest absolute Gasteiger partial charge is 0.508 e. The Kier molecular flexibility index (Phi) is 9.06. The highest BCUT2D eigenvalue weighted by Crippen LogP contribution is 2.03. The molecule has 122 valence electrons. The second-order valence-electron chi connectivity index (χ2n) is 3.88. The Morgan fingerprint density at radius 1 is 1.19 bits per heavy atom. The van der Waals surface area contributed by atoms with E-state index in [9.17, 15) is 14.4 Å². The van der Waals surface area contributed by atoms with Gasteiger partial charge in [-0.15, -0.1) is 0 Å². The van der Waals surface area contributed by atoms with Gasteiger partial charge in [0.1, 0.15) is 12.7 Å². The van der Waals surface area contributed by atoms with Gasteiger partial charge >= 0.3 is 18.1 Å². The SMILES string of the molecule is CC1COC(=O)O1.CCOC(=O)C(O)C(O)C(=O)OCC. The molecule has 2 N–H and O–H groups in total. The molecule has 9 nitrogen and oxygen atoms in total. The molecule has 21 heavy (non-hydrogen) atoms. The van der Waals surface area contributed by atoms with Gasteiger partial charge in [-0.2, -0.15) is 0 Å². The number of hydrogen-bond acceptors (Lipinski definition) is 9. The van der Waals surface area contributed by atoms with Gasteiger partial charge in [-0.1, -0.05) is 0 Å². The lowest BCUT2D eigenvalue weighted by Crippen LogP contribution is -2.41. The monoisotopic (exact) mass is 308 g/mol. The molecule has 1 aliphatic rings. The molecule has 9 heteroatoms. The summed E-state index contributed by atoms with van der Waals surface area (Å²) in [5.41, 5.74) is 0. The lowest BCUT2D eigenvalue weighted by Gasteiger charge is -2.14. The second-order valence-corrected chi connectivity index (χ2v) is 3.88. The summed E-state index contributed by atoms with van der Waals surface area (Å²) in [6, 6.07) is 0. The standard InChI is InChI=1S/C8H14O6.C4H6O3/c1-3-13-7(11)5(9)6(10)8(12)14-4-2;1-3-2-6-4(5)7-3/h5-6,9-10H,3-4H2,1-2H3;3H,2H2,1H3. The number of hydrogen-bond donors (Lipinski definition) is 2. The molecule has 1 saturated heterocycles. The Labute approximate surface area is 121 Å². The first-order valence-electron chi connectivity index (χ1n) is 6.36. The van der Waals surface area contributed by atoms with Crippen LogP contribution in [0.3, 0.4) is 0 Å². The number of aliphatic hydroxyl groups is 2. The fourth-order valence-electron chi connectivity index (χ4n) is 1.13. The summed E-state index contributed by atoms with van der Waals surface area (Å²) in [6.45, 7) is 5.39. The van der Waals surface area contributed by atoms with E-state index in [1.807, 2.05) is 0 Å². The second kappa shape index (κ2) is 9.94. The average Bonchev–Trinajstić information content (AvgIpc) is 2.82. The van der Waals surface area contributed by atoms with Gasteiger partial charge < -0.3 is 29.2 Å². The van der Waals surface area contributed by atoms with Gasteiger partial charge in [0.2, 0.25) is 0 Å². The zero-order valence-corrected chi connectivity index (χ0v) is 12.1. The van der Waals surface area contributed by atoms with Crippen LogP contribution in [0.15, 0.2) is 0 Å². The lowest BCUT2D eigenvalue weighted by atomic mass is 10.2. The number of carbonyl (C=O) groups is 3. The van der Waals surface area contributed by atoms with Crippen molar-refractivity contribution in [2.24, 2.45) is 0 Å². The molecule has 0 aliphatic carbocycles.